The van der Waals surface area contributed by atoms with Crippen LogP contribution in [0, 0.1) is 0 Å². The van der Waals surface area contributed by atoms with Crippen LogP contribution in [0.25, 0.3) is 0 Å². The highest BCUT2D eigenvalue weighted by Gasteiger charge is 2.39. The van der Waals surface area contributed by atoms with Gasteiger partial charge in [0, 0.05) is 50.6 Å². The first-order valence-corrected chi connectivity index (χ1v) is 10.2. The van der Waals surface area contributed by atoms with E-state index in [4.69, 9.17) is 4.42 Å². The summed E-state index contributed by atoms with van der Waals surface area (Å²) in [6.45, 7) is 3.35. The van der Waals surface area contributed by atoms with E-state index in [1.807, 2.05) is 12.1 Å². The molecular formula is C21H23N5O4. The molecule has 2 fully saturated rings. The van der Waals surface area contributed by atoms with Crippen molar-refractivity contribution in [1.29, 1.82) is 0 Å². The van der Waals surface area contributed by atoms with Crippen LogP contribution in [0.15, 0.2) is 29.0 Å². The Balaban J connectivity index is 1.27. The number of imide groups is 1. The smallest absolute Gasteiger partial charge is 0.255 e. The zero-order chi connectivity index (χ0) is 20.7. The van der Waals surface area contributed by atoms with Crippen molar-refractivity contribution < 1.29 is 18.8 Å². The zero-order valence-corrected chi connectivity index (χ0v) is 16.4. The fourth-order valence-corrected chi connectivity index (χ4v) is 4.35. The van der Waals surface area contributed by atoms with Crippen LogP contribution in [0.3, 0.4) is 0 Å². The number of nitrogens with zero attached hydrogens (tertiary/aromatic N) is 2. The predicted molar refractivity (Wildman–Crippen MR) is 105 cm³/mol. The van der Waals surface area contributed by atoms with Crippen LogP contribution in [0.5, 0.6) is 0 Å². The fourth-order valence-electron chi connectivity index (χ4n) is 4.35. The van der Waals surface area contributed by atoms with Crippen LogP contribution < -0.4 is 16.0 Å². The molecule has 0 spiro atoms. The van der Waals surface area contributed by atoms with Crippen LogP contribution in [0.4, 0.5) is 0 Å². The number of nitrogens with one attached hydrogen (secondary N) is 3. The number of hydrogen-bond donors (Lipinski definition) is 3. The van der Waals surface area contributed by atoms with Gasteiger partial charge in [0.1, 0.15) is 11.8 Å². The maximum atomic E-state index is 12.9. The van der Waals surface area contributed by atoms with Gasteiger partial charge < -0.3 is 20.0 Å². The van der Waals surface area contributed by atoms with Crippen molar-refractivity contribution in [2.75, 3.05) is 13.1 Å². The van der Waals surface area contributed by atoms with E-state index in [2.05, 4.69) is 20.9 Å². The normalized spacial score (nSPS) is 21.5. The standard InChI is InChI=1S/C21H23N5O4/c27-18-5-4-17(20(28)25-18)26-10-15-12(2-1-3-14(15)21(26)29)6-23-9-16-19(30-11-24-16)13-7-22-8-13/h1-3,11,13,17,22-23H,4-10H2,(H,25,27,28). The highest BCUT2D eigenvalue weighted by Crippen LogP contribution is 2.30. The van der Waals surface area contributed by atoms with Crippen LogP contribution in [0.1, 0.15) is 51.7 Å². The second-order valence-corrected chi connectivity index (χ2v) is 7.97. The number of benzene rings is 1. The monoisotopic (exact) mass is 409 g/mol. The molecule has 4 heterocycles. The van der Waals surface area contributed by atoms with Crippen LogP contribution in [0.2, 0.25) is 0 Å². The second kappa shape index (κ2) is 7.66. The molecule has 1 aromatic carbocycles. The summed E-state index contributed by atoms with van der Waals surface area (Å²) in [6, 6.07) is 5.06. The van der Waals surface area contributed by atoms with Gasteiger partial charge >= 0.3 is 0 Å². The maximum absolute atomic E-state index is 12.9. The average Bonchev–Trinajstić information content (AvgIpc) is 3.26. The number of carbonyl (C=O) groups is 3. The molecule has 3 aliphatic heterocycles. The minimum atomic E-state index is -0.600. The molecule has 3 N–H and O–H groups in total. The van der Waals surface area contributed by atoms with Gasteiger partial charge in [-0.1, -0.05) is 12.1 Å². The quantitative estimate of drug-likeness (QED) is 0.592. The predicted octanol–water partition coefficient (Wildman–Crippen LogP) is 0.412. The molecule has 5 rings (SSSR count). The van der Waals surface area contributed by atoms with E-state index in [9.17, 15) is 14.4 Å². The van der Waals surface area contributed by atoms with Crippen LogP contribution >= 0.6 is 0 Å². The Hall–Kier alpha value is -3.04. The number of oxazole rings is 1. The van der Waals surface area contributed by atoms with Gasteiger partial charge in [-0.3, -0.25) is 19.7 Å². The van der Waals surface area contributed by atoms with Gasteiger partial charge in [-0.15, -0.1) is 0 Å². The highest BCUT2D eigenvalue weighted by atomic mass is 16.3. The lowest BCUT2D eigenvalue weighted by atomic mass is 9.98. The zero-order valence-electron chi connectivity index (χ0n) is 16.4. The number of hydrogen-bond acceptors (Lipinski definition) is 7. The molecule has 2 saturated heterocycles. The minimum Gasteiger partial charge on any atom is -0.448 e. The number of fused-ring (bicyclic) bond motifs is 1. The number of carbonyl (C=O) groups excluding carboxylic acids is 3. The van der Waals surface area contributed by atoms with Crippen molar-refractivity contribution in [1.82, 2.24) is 25.8 Å². The third-order valence-electron chi connectivity index (χ3n) is 6.11. The minimum absolute atomic E-state index is 0.155. The SMILES string of the molecule is O=C1CCC(N2Cc3c(CNCc4ncoc4C4CNC4)cccc3C2=O)C(=O)N1. The van der Waals surface area contributed by atoms with Gasteiger partial charge in [-0.25, -0.2) is 4.98 Å². The Kier molecular flexibility index (Phi) is 4.84. The Labute approximate surface area is 173 Å². The number of piperidine rings is 1. The van der Waals surface area contributed by atoms with Crippen molar-refractivity contribution in [3.63, 3.8) is 0 Å². The molecule has 0 radical (unpaired) electrons. The van der Waals surface area contributed by atoms with Crippen LogP contribution in [-0.4, -0.2) is 46.7 Å². The summed E-state index contributed by atoms with van der Waals surface area (Å²) in [7, 11) is 0. The van der Waals surface area contributed by atoms with Gasteiger partial charge in [0.2, 0.25) is 11.8 Å². The Bertz CT molecular complexity index is 1010. The molecule has 156 valence electrons. The molecule has 1 atom stereocenters. The Morgan fingerprint density at radius 3 is 2.83 bits per heavy atom. The molecule has 0 aliphatic carbocycles. The van der Waals surface area contributed by atoms with Gasteiger partial charge in [0.25, 0.3) is 5.91 Å². The number of rotatable bonds is 6. The van der Waals surface area contributed by atoms with E-state index in [0.717, 1.165) is 35.7 Å². The molecule has 3 aliphatic rings. The summed E-state index contributed by atoms with van der Waals surface area (Å²) in [6.07, 6.45) is 2.10. The molecule has 1 aromatic heterocycles. The molecule has 3 amide bonds. The summed E-state index contributed by atoms with van der Waals surface area (Å²) in [5.74, 6) is 0.479. The van der Waals surface area contributed by atoms with Gasteiger partial charge in [-0.2, -0.15) is 0 Å². The average molecular weight is 409 g/mol. The van der Waals surface area contributed by atoms with E-state index in [-0.39, 0.29) is 18.2 Å². The molecule has 1 unspecified atom stereocenters. The van der Waals surface area contributed by atoms with E-state index >= 15 is 0 Å². The lowest BCUT2D eigenvalue weighted by Crippen LogP contribution is -2.52. The summed E-state index contributed by atoms with van der Waals surface area (Å²) in [5, 5.41) is 8.98. The third-order valence-corrected chi connectivity index (χ3v) is 6.11. The van der Waals surface area contributed by atoms with E-state index in [1.165, 1.54) is 6.39 Å². The van der Waals surface area contributed by atoms with E-state index in [1.54, 1.807) is 11.0 Å². The highest BCUT2D eigenvalue weighted by molar-refractivity contribution is 6.05. The van der Waals surface area contributed by atoms with Crippen molar-refractivity contribution in [2.45, 2.75) is 44.4 Å². The Morgan fingerprint density at radius 1 is 1.20 bits per heavy atom. The largest absolute Gasteiger partial charge is 0.448 e. The van der Waals surface area contributed by atoms with Gasteiger partial charge in [0.15, 0.2) is 6.39 Å². The summed E-state index contributed by atoms with van der Waals surface area (Å²) < 4.78 is 5.55. The number of amides is 3. The molecule has 0 saturated carbocycles. The lowest BCUT2D eigenvalue weighted by Gasteiger charge is -2.29. The molecule has 30 heavy (non-hydrogen) atoms. The second-order valence-electron chi connectivity index (χ2n) is 7.97. The number of aromatic nitrogens is 1. The molecule has 0 bridgehead atoms. The first-order chi connectivity index (χ1) is 14.6. The van der Waals surface area contributed by atoms with Gasteiger partial charge in [-0.05, 0) is 23.6 Å². The Morgan fingerprint density at radius 2 is 2.07 bits per heavy atom. The van der Waals surface area contributed by atoms with Gasteiger partial charge in [0.05, 0.1) is 5.69 Å². The van der Waals surface area contributed by atoms with Crippen molar-refractivity contribution in [3.05, 3.63) is 52.7 Å². The molecule has 9 heteroatoms. The van der Waals surface area contributed by atoms with E-state index < -0.39 is 11.9 Å². The topological polar surface area (TPSA) is 117 Å². The molecule has 9 nitrogen and oxygen atoms in total. The first kappa shape index (κ1) is 19.0. The molecular weight excluding hydrogens is 386 g/mol. The maximum Gasteiger partial charge on any atom is 0.255 e. The molecule has 2 aromatic rings. The van der Waals surface area contributed by atoms with Crippen LogP contribution in [-0.2, 0) is 29.2 Å². The summed E-state index contributed by atoms with van der Waals surface area (Å²) >= 11 is 0. The lowest BCUT2D eigenvalue weighted by molar-refractivity contribution is -0.136. The van der Waals surface area contributed by atoms with Crippen molar-refractivity contribution >= 4 is 17.7 Å². The third kappa shape index (κ3) is 3.29. The summed E-state index contributed by atoms with van der Waals surface area (Å²) in [5.41, 5.74) is 3.49. The van der Waals surface area contributed by atoms with E-state index in [0.29, 0.717) is 37.5 Å². The summed E-state index contributed by atoms with van der Waals surface area (Å²) in [4.78, 5) is 42.5. The first-order valence-electron chi connectivity index (χ1n) is 10.2. The fraction of sp³-hybridized carbons (Fsp3) is 0.429. The van der Waals surface area contributed by atoms with Crippen molar-refractivity contribution in [3.8, 4) is 0 Å². The van der Waals surface area contributed by atoms with Crippen molar-refractivity contribution in [2.24, 2.45) is 0 Å².